The number of anilines is 1. The Kier molecular flexibility index (Phi) is 3.32. The number of piperidine rings is 1. The van der Waals surface area contributed by atoms with Crippen molar-refractivity contribution in [3.8, 4) is 0 Å². The van der Waals surface area contributed by atoms with Crippen LogP contribution in [0, 0.1) is 0 Å². The minimum Gasteiger partial charge on any atom is -0.353 e. The van der Waals surface area contributed by atoms with E-state index < -0.39 is 0 Å². The fourth-order valence-corrected chi connectivity index (χ4v) is 2.28. The smallest absolute Gasteiger partial charge is 0.224 e. The second-order valence-electron chi connectivity index (χ2n) is 3.85. The fourth-order valence-electron chi connectivity index (χ4n) is 1.95. The molecule has 82 valence electrons. The maximum atomic E-state index is 6.07. The van der Waals surface area contributed by atoms with E-state index in [4.69, 9.17) is 23.2 Å². The predicted molar refractivity (Wildman–Crippen MR) is 62.7 cm³/mol. The van der Waals surface area contributed by atoms with Gasteiger partial charge in [0.25, 0.3) is 0 Å². The Bertz CT molecular complexity index is 357. The maximum absolute atomic E-state index is 6.07. The number of halogens is 2. The molecule has 0 N–H and O–H groups in total. The van der Waals surface area contributed by atoms with E-state index in [2.05, 4.69) is 21.8 Å². The molecule has 0 saturated carbocycles. The van der Waals surface area contributed by atoms with Gasteiger partial charge < -0.3 is 4.90 Å². The molecule has 1 aliphatic heterocycles. The van der Waals surface area contributed by atoms with E-state index in [1.54, 1.807) is 6.20 Å². The molecule has 1 fully saturated rings. The van der Waals surface area contributed by atoms with Crippen molar-refractivity contribution in [3.05, 3.63) is 16.5 Å². The summed E-state index contributed by atoms with van der Waals surface area (Å²) in [4.78, 5) is 10.3. The second-order valence-corrected chi connectivity index (χ2v) is 4.59. The summed E-state index contributed by atoms with van der Waals surface area (Å²) in [6.07, 6.45) is 5.20. The van der Waals surface area contributed by atoms with Gasteiger partial charge in [0, 0.05) is 12.6 Å². The average molecular weight is 246 g/mol. The van der Waals surface area contributed by atoms with Crippen molar-refractivity contribution in [2.75, 3.05) is 11.4 Å². The zero-order chi connectivity index (χ0) is 10.8. The molecule has 0 amide bonds. The van der Waals surface area contributed by atoms with Gasteiger partial charge in [0.05, 0.1) is 6.20 Å². The van der Waals surface area contributed by atoms with E-state index >= 15 is 0 Å². The number of hydrogen-bond donors (Lipinski definition) is 0. The van der Waals surface area contributed by atoms with Crippen LogP contribution in [0.2, 0.25) is 10.3 Å². The second kappa shape index (κ2) is 4.54. The van der Waals surface area contributed by atoms with E-state index in [0.717, 1.165) is 12.4 Å². The molecule has 0 bridgehead atoms. The van der Waals surface area contributed by atoms with Crippen molar-refractivity contribution in [1.29, 1.82) is 0 Å². The number of rotatable bonds is 1. The van der Waals surface area contributed by atoms with Crippen molar-refractivity contribution in [2.45, 2.75) is 32.2 Å². The number of nitrogens with zero attached hydrogens (tertiary/aromatic N) is 3. The first-order chi connectivity index (χ1) is 7.18. The minimum absolute atomic E-state index is 0.257. The molecule has 0 aromatic carbocycles. The summed E-state index contributed by atoms with van der Waals surface area (Å²) in [7, 11) is 0. The zero-order valence-corrected chi connectivity index (χ0v) is 10.1. The topological polar surface area (TPSA) is 29.0 Å². The van der Waals surface area contributed by atoms with Crippen molar-refractivity contribution in [3.63, 3.8) is 0 Å². The highest BCUT2D eigenvalue weighted by Crippen LogP contribution is 2.29. The van der Waals surface area contributed by atoms with Crippen molar-refractivity contribution in [2.24, 2.45) is 0 Å². The highest BCUT2D eigenvalue weighted by Gasteiger charge is 2.22. The van der Waals surface area contributed by atoms with Gasteiger partial charge in [0.15, 0.2) is 5.82 Å². The SMILES string of the molecule is CC1CCCCN1c1nc(Cl)ncc1Cl. The first kappa shape index (κ1) is 11.0. The van der Waals surface area contributed by atoms with E-state index in [1.165, 1.54) is 19.3 Å². The van der Waals surface area contributed by atoms with Crippen LogP contribution in [0.25, 0.3) is 0 Å². The summed E-state index contributed by atoms with van der Waals surface area (Å²) < 4.78 is 0. The van der Waals surface area contributed by atoms with E-state index in [9.17, 15) is 0 Å². The molecule has 3 nitrogen and oxygen atoms in total. The molecule has 2 rings (SSSR count). The number of hydrogen-bond acceptors (Lipinski definition) is 3. The lowest BCUT2D eigenvalue weighted by Crippen LogP contribution is -2.38. The highest BCUT2D eigenvalue weighted by molar-refractivity contribution is 6.33. The third kappa shape index (κ3) is 2.34. The van der Waals surface area contributed by atoms with Gasteiger partial charge in [-0.25, -0.2) is 4.98 Å². The third-order valence-electron chi connectivity index (χ3n) is 2.77. The quantitative estimate of drug-likeness (QED) is 0.712. The zero-order valence-electron chi connectivity index (χ0n) is 8.58. The Labute approximate surface area is 99.4 Å². The number of aromatic nitrogens is 2. The molecule has 1 aromatic rings. The van der Waals surface area contributed by atoms with Gasteiger partial charge in [0.1, 0.15) is 5.02 Å². The van der Waals surface area contributed by atoms with Crippen molar-refractivity contribution < 1.29 is 0 Å². The molecular formula is C10H13Cl2N3. The van der Waals surface area contributed by atoms with E-state index in [1.807, 2.05) is 0 Å². The van der Waals surface area contributed by atoms with Gasteiger partial charge in [-0.3, -0.25) is 0 Å². The lowest BCUT2D eigenvalue weighted by molar-refractivity contribution is 0.481. The summed E-state index contributed by atoms with van der Waals surface area (Å²) in [6.45, 7) is 3.18. The van der Waals surface area contributed by atoms with Crippen LogP contribution in [-0.4, -0.2) is 22.6 Å². The lowest BCUT2D eigenvalue weighted by atomic mass is 10.0. The fraction of sp³-hybridized carbons (Fsp3) is 0.600. The van der Waals surface area contributed by atoms with Crippen molar-refractivity contribution >= 4 is 29.0 Å². The molecule has 0 spiro atoms. The Morgan fingerprint density at radius 3 is 2.93 bits per heavy atom. The summed E-state index contributed by atoms with van der Waals surface area (Å²) in [5.74, 6) is 0.767. The van der Waals surface area contributed by atoms with Crippen LogP contribution in [0.3, 0.4) is 0 Å². The molecule has 2 heterocycles. The molecule has 15 heavy (non-hydrogen) atoms. The van der Waals surface area contributed by atoms with Crippen LogP contribution < -0.4 is 4.90 Å². The van der Waals surface area contributed by atoms with Crippen LogP contribution in [0.4, 0.5) is 5.82 Å². The molecule has 1 atom stereocenters. The Morgan fingerprint density at radius 1 is 1.40 bits per heavy atom. The normalized spacial score (nSPS) is 21.8. The summed E-state index contributed by atoms with van der Waals surface area (Å²) in [5, 5.41) is 0.834. The molecule has 1 aliphatic rings. The molecule has 1 aromatic heterocycles. The molecule has 1 unspecified atom stereocenters. The Hall–Kier alpha value is -0.540. The lowest BCUT2D eigenvalue weighted by Gasteiger charge is -2.34. The monoisotopic (exact) mass is 245 g/mol. The van der Waals surface area contributed by atoms with Gasteiger partial charge in [0.2, 0.25) is 5.28 Å². The van der Waals surface area contributed by atoms with Crippen molar-refractivity contribution in [1.82, 2.24) is 9.97 Å². The summed E-state index contributed by atoms with van der Waals surface area (Å²) >= 11 is 11.8. The van der Waals surface area contributed by atoms with Crippen LogP contribution in [0.15, 0.2) is 6.20 Å². The van der Waals surface area contributed by atoms with Crippen LogP contribution in [0.5, 0.6) is 0 Å². The predicted octanol–water partition coefficient (Wildman–Crippen LogP) is 3.16. The average Bonchev–Trinajstić information content (AvgIpc) is 2.23. The van der Waals surface area contributed by atoms with E-state index in [0.29, 0.717) is 11.1 Å². The van der Waals surface area contributed by atoms with Gasteiger partial charge >= 0.3 is 0 Å². The third-order valence-corrected chi connectivity index (χ3v) is 3.22. The molecular weight excluding hydrogens is 233 g/mol. The molecule has 1 saturated heterocycles. The first-order valence-electron chi connectivity index (χ1n) is 5.13. The van der Waals surface area contributed by atoms with Gasteiger partial charge in [-0.05, 0) is 37.8 Å². The van der Waals surface area contributed by atoms with E-state index in [-0.39, 0.29) is 5.28 Å². The Morgan fingerprint density at radius 2 is 2.20 bits per heavy atom. The van der Waals surface area contributed by atoms with Gasteiger partial charge in [-0.15, -0.1) is 0 Å². The van der Waals surface area contributed by atoms with Gasteiger partial charge in [-0.1, -0.05) is 11.6 Å². The maximum Gasteiger partial charge on any atom is 0.224 e. The van der Waals surface area contributed by atoms with Gasteiger partial charge in [-0.2, -0.15) is 4.98 Å². The summed E-state index contributed by atoms with van der Waals surface area (Å²) in [6, 6.07) is 0.474. The Balaban J connectivity index is 2.30. The molecule has 0 radical (unpaired) electrons. The summed E-state index contributed by atoms with van der Waals surface area (Å²) in [5.41, 5.74) is 0. The van der Waals surface area contributed by atoms with Crippen LogP contribution in [0.1, 0.15) is 26.2 Å². The van der Waals surface area contributed by atoms with Crippen LogP contribution in [-0.2, 0) is 0 Å². The standard InChI is InChI=1S/C10H13Cl2N3/c1-7-4-2-3-5-15(7)9-8(11)6-13-10(12)14-9/h6-7H,2-5H2,1H3. The first-order valence-corrected chi connectivity index (χ1v) is 5.89. The minimum atomic E-state index is 0.257. The highest BCUT2D eigenvalue weighted by atomic mass is 35.5. The molecule has 0 aliphatic carbocycles. The largest absolute Gasteiger partial charge is 0.353 e. The molecule has 5 heteroatoms. The van der Waals surface area contributed by atoms with Crippen LogP contribution >= 0.6 is 23.2 Å².